The van der Waals surface area contributed by atoms with Gasteiger partial charge in [-0.1, -0.05) is 18.2 Å². The smallest absolute Gasteiger partial charge is 0.169 e. The van der Waals surface area contributed by atoms with Gasteiger partial charge < -0.3 is 9.73 Å². The van der Waals surface area contributed by atoms with E-state index in [0.717, 1.165) is 9.13 Å². The third-order valence-electron chi connectivity index (χ3n) is 3.36. The average molecular weight is 399 g/mol. The molecular weight excluding hydrogens is 387 g/mol. The Labute approximate surface area is 134 Å². The molecule has 3 rings (SSSR count). The molecule has 1 N–H and O–H groups in total. The second-order valence-electron chi connectivity index (χ2n) is 4.69. The molecule has 2 nitrogen and oxygen atoms in total. The normalized spacial score (nSPS) is 12.8. The van der Waals surface area contributed by atoms with E-state index in [4.69, 9.17) is 4.42 Å². The maximum atomic E-state index is 13.7. The van der Waals surface area contributed by atoms with Gasteiger partial charge in [-0.25, -0.2) is 8.78 Å². The molecule has 1 heterocycles. The van der Waals surface area contributed by atoms with E-state index >= 15 is 0 Å². The number of halogens is 3. The molecule has 0 fully saturated rings. The lowest BCUT2D eigenvalue weighted by Gasteiger charge is -2.15. The van der Waals surface area contributed by atoms with Gasteiger partial charge in [0, 0.05) is 8.96 Å². The first-order valence-electron chi connectivity index (χ1n) is 6.40. The minimum absolute atomic E-state index is 0.241. The van der Waals surface area contributed by atoms with Crippen molar-refractivity contribution in [3.63, 3.8) is 0 Å². The number of rotatable bonds is 3. The van der Waals surface area contributed by atoms with Crippen molar-refractivity contribution in [1.82, 2.24) is 5.32 Å². The standard InChI is InChI=1S/C16H12F2INO/c1-20-15(11-6-5-10(17)8-13(11)19)14-7-9-3-2-4-12(18)16(9)21-14/h2-8,15,20H,1H3. The largest absolute Gasteiger partial charge is 0.456 e. The fourth-order valence-corrected chi connectivity index (χ4v) is 3.17. The molecule has 5 heteroatoms. The third-order valence-corrected chi connectivity index (χ3v) is 4.30. The van der Waals surface area contributed by atoms with Gasteiger partial charge in [0.1, 0.15) is 11.6 Å². The molecule has 1 unspecified atom stereocenters. The molecule has 21 heavy (non-hydrogen) atoms. The van der Waals surface area contributed by atoms with E-state index < -0.39 is 0 Å². The highest BCUT2D eigenvalue weighted by Gasteiger charge is 2.20. The van der Waals surface area contributed by atoms with Crippen LogP contribution in [0.25, 0.3) is 11.0 Å². The summed E-state index contributed by atoms with van der Waals surface area (Å²) >= 11 is 2.08. The monoisotopic (exact) mass is 399 g/mol. The van der Waals surface area contributed by atoms with E-state index in [0.29, 0.717) is 11.1 Å². The van der Waals surface area contributed by atoms with Crippen molar-refractivity contribution < 1.29 is 13.2 Å². The van der Waals surface area contributed by atoms with Crippen molar-refractivity contribution >= 4 is 33.6 Å². The highest BCUT2D eigenvalue weighted by atomic mass is 127. The van der Waals surface area contributed by atoms with E-state index in [2.05, 4.69) is 27.9 Å². The van der Waals surface area contributed by atoms with E-state index in [1.54, 1.807) is 31.3 Å². The summed E-state index contributed by atoms with van der Waals surface area (Å²) in [5.74, 6) is -0.0711. The summed E-state index contributed by atoms with van der Waals surface area (Å²) in [6.07, 6.45) is 0. The van der Waals surface area contributed by atoms with Crippen LogP contribution in [0.5, 0.6) is 0 Å². The Morgan fingerprint density at radius 2 is 1.95 bits per heavy atom. The van der Waals surface area contributed by atoms with Gasteiger partial charge in [-0.15, -0.1) is 0 Å². The van der Waals surface area contributed by atoms with Crippen molar-refractivity contribution in [2.24, 2.45) is 0 Å². The molecule has 2 aromatic carbocycles. The Morgan fingerprint density at radius 1 is 1.14 bits per heavy atom. The van der Waals surface area contributed by atoms with E-state index in [1.807, 2.05) is 0 Å². The van der Waals surface area contributed by atoms with E-state index in [9.17, 15) is 8.78 Å². The van der Waals surface area contributed by atoms with Crippen LogP contribution in [-0.4, -0.2) is 7.05 Å². The topological polar surface area (TPSA) is 25.2 Å². The van der Waals surface area contributed by atoms with Gasteiger partial charge in [-0.2, -0.15) is 0 Å². The van der Waals surface area contributed by atoms with Crippen LogP contribution < -0.4 is 5.32 Å². The second kappa shape index (κ2) is 5.73. The lowest BCUT2D eigenvalue weighted by molar-refractivity contribution is 0.475. The van der Waals surface area contributed by atoms with Gasteiger partial charge in [0.2, 0.25) is 0 Å². The first kappa shape index (κ1) is 14.5. The second-order valence-corrected chi connectivity index (χ2v) is 5.86. The van der Waals surface area contributed by atoms with Crippen LogP contribution in [0.3, 0.4) is 0 Å². The van der Waals surface area contributed by atoms with Gasteiger partial charge in [0.15, 0.2) is 11.4 Å². The molecule has 108 valence electrons. The molecule has 1 atom stereocenters. The van der Waals surface area contributed by atoms with Crippen LogP contribution in [0, 0.1) is 15.2 Å². The zero-order valence-electron chi connectivity index (χ0n) is 11.2. The number of nitrogens with one attached hydrogen (secondary N) is 1. The van der Waals surface area contributed by atoms with Crippen LogP contribution in [-0.2, 0) is 0 Å². The molecule has 0 amide bonds. The molecule has 1 aromatic heterocycles. The maximum absolute atomic E-state index is 13.7. The number of hydrogen-bond acceptors (Lipinski definition) is 2. The summed E-state index contributed by atoms with van der Waals surface area (Å²) < 4.78 is 33.4. The highest BCUT2D eigenvalue weighted by Crippen LogP contribution is 2.31. The zero-order valence-corrected chi connectivity index (χ0v) is 13.3. The molecule has 0 saturated heterocycles. The molecule has 0 aliphatic heterocycles. The summed E-state index contributed by atoms with van der Waals surface area (Å²) in [6.45, 7) is 0. The molecule has 0 aliphatic carbocycles. The third kappa shape index (κ3) is 2.67. The quantitative estimate of drug-likeness (QED) is 0.651. The first-order valence-corrected chi connectivity index (χ1v) is 7.48. The minimum Gasteiger partial charge on any atom is -0.456 e. The van der Waals surface area contributed by atoms with Crippen LogP contribution in [0.2, 0.25) is 0 Å². The molecule has 0 saturated carbocycles. The Balaban J connectivity index is 2.11. The number of furan rings is 1. The Kier molecular flexibility index (Phi) is 3.95. The van der Waals surface area contributed by atoms with Crippen molar-refractivity contribution in [3.05, 3.63) is 69.0 Å². The number of para-hydroxylation sites is 1. The summed E-state index contributed by atoms with van der Waals surface area (Å²) in [6, 6.07) is 10.9. The van der Waals surface area contributed by atoms with Gasteiger partial charge in [0.25, 0.3) is 0 Å². The lowest BCUT2D eigenvalue weighted by atomic mass is 10.0. The fourth-order valence-electron chi connectivity index (χ4n) is 2.38. The predicted molar refractivity (Wildman–Crippen MR) is 86.2 cm³/mol. The first-order chi connectivity index (χ1) is 10.1. The van der Waals surface area contributed by atoms with Crippen LogP contribution in [0.1, 0.15) is 17.4 Å². The number of hydrogen-bond donors (Lipinski definition) is 1. The van der Waals surface area contributed by atoms with Crippen LogP contribution in [0.15, 0.2) is 46.9 Å². The Hall–Kier alpha value is -1.47. The highest BCUT2D eigenvalue weighted by molar-refractivity contribution is 14.1. The molecule has 0 aliphatic rings. The summed E-state index contributed by atoms with van der Waals surface area (Å²) in [7, 11) is 1.79. The predicted octanol–water partition coefficient (Wildman–Crippen LogP) is 4.62. The molecular formula is C16H12F2INO. The van der Waals surface area contributed by atoms with Crippen molar-refractivity contribution in [2.45, 2.75) is 6.04 Å². The lowest BCUT2D eigenvalue weighted by Crippen LogP contribution is -2.18. The van der Waals surface area contributed by atoms with E-state index in [1.165, 1.54) is 18.2 Å². The van der Waals surface area contributed by atoms with Gasteiger partial charge in [-0.05, 0) is 59.5 Å². The van der Waals surface area contributed by atoms with Crippen LogP contribution >= 0.6 is 22.6 Å². The van der Waals surface area contributed by atoms with Crippen LogP contribution in [0.4, 0.5) is 8.78 Å². The Bertz CT molecular complexity index is 800. The fraction of sp³-hybridized carbons (Fsp3) is 0.125. The van der Waals surface area contributed by atoms with Crippen molar-refractivity contribution in [2.75, 3.05) is 7.05 Å². The Morgan fingerprint density at radius 3 is 2.62 bits per heavy atom. The number of fused-ring (bicyclic) bond motifs is 1. The molecule has 0 bridgehead atoms. The zero-order chi connectivity index (χ0) is 15.0. The SMILES string of the molecule is CNC(c1cc2cccc(F)c2o1)c1ccc(F)cc1I. The van der Waals surface area contributed by atoms with Crippen molar-refractivity contribution in [1.29, 1.82) is 0 Å². The van der Waals surface area contributed by atoms with Gasteiger partial charge in [0.05, 0.1) is 6.04 Å². The van der Waals surface area contributed by atoms with Gasteiger partial charge in [-0.3, -0.25) is 0 Å². The number of benzene rings is 2. The molecule has 0 radical (unpaired) electrons. The molecule has 3 aromatic rings. The average Bonchev–Trinajstić information content (AvgIpc) is 2.87. The van der Waals surface area contributed by atoms with Gasteiger partial charge >= 0.3 is 0 Å². The summed E-state index contributed by atoms with van der Waals surface area (Å²) in [5, 5.41) is 3.84. The summed E-state index contributed by atoms with van der Waals surface area (Å²) in [4.78, 5) is 0. The summed E-state index contributed by atoms with van der Waals surface area (Å²) in [5.41, 5.74) is 1.13. The van der Waals surface area contributed by atoms with E-state index in [-0.39, 0.29) is 23.3 Å². The minimum atomic E-state index is -0.387. The van der Waals surface area contributed by atoms with Crippen molar-refractivity contribution in [3.8, 4) is 0 Å². The molecule has 0 spiro atoms. The maximum Gasteiger partial charge on any atom is 0.169 e.